The molecule has 144 valence electrons. The van der Waals surface area contributed by atoms with Gasteiger partial charge in [-0.3, -0.25) is 4.79 Å². The molecule has 0 bridgehead atoms. The van der Waals surface area contributed by atoms with Crippen LogP contribution in [0.5, 0.6) is 0 Å². The number of aromatic nitrogens is 1. The highest BCUT2D eigenvalue weighted by Gasteiger charge is 2.27. The van der Waals surface area contributed by atoms with E-state index in [1.807, 2.05) is 59.8 Å². The van der Waals surface area contributed by atoms with Gasteiger partial charge in [0.2, 0.25) is 0 Å². The summed E-state index contributed by atoms with van der Waals surface area (Å²) in [5, 5.41) is 0. The lowest BCUT2D eigenvalue weighted by Crippen LogP contribution is -2.51. The van der Waals surface area contributed by atoms with Gasteiger partial charge in [-0.1, -0.05) is 44.2 Å². The number of benzene rings is 1. The standard InChI is InChI=1S/C21H27N3O3/c1-17(2)16-27-21(26)23-13-11-22(12-14-23)20(25)19-9-6-10-24(19)15-18-7-4-3-5-8-18/h3-10,17H,11-16H2,1-2H3. The zero-order chi connectivity index (χ0) is 19.2. The normalized spacial score (nSPS) is 14.5. The summed E-state index contributed by atoms with van der Waals surface area (Å²) in [6.45, 7) is 7.15. The summed E-state index contributed by atoms with van der Waals surface area (Å²) in [4.78, 5) is 28.5. The summed E-state index contributed by atoms with van der Waals surface area (Å²) < 4.78 is 7.25. The Bertz CT molecular complexity index is 762. The minimum atomic E-state index is -0.289. The number of amides is 2. The molecule has 6 heteroatoms. The number of ether oxygens (including phenoxy) is 1. The predicted molar refractivity (Wildman–Crippen MR) is 104 cm³/mol. The van der Waals surface area contributed by atoms with Gasteiger partial charge in [0, 0.05) is 38.9 Å². The van der Waals surface area contributed by atoms with Crippen molar-refractivity contribution < 1.29 is 14.3 Å². The van der Waals surface area contributed by atoms with Gasteiger partial charge in [0.15, 0.2) is 0 Å². The van der Waals surface area contributed by atoms with Crippen LogP contribution in [0.3, 0.4) is 0 Å². The molecule has 0 atom stereocenters. The number of hydrogen-bond donors (Lipinski definition) is 0. The number of piperazine rings is 1. The van der Waals surface area contributed by atoms with Crippen LogP contribution in [-0.2, 0) is 11.3 Å². The summed E-state index contributed by atoms with van der Waals surface area (Å²) in [7, 11) is 0. The Kier molecular flexibility index (Phi) is 6.16. The molecule has 1 saturated heterocycles. The first-order valence-electron chi connectivity index (χ1n) is 9.44. The van der Waals surface area contributed by atoms with E-state index in [1.54, 1.807) is 4.90 Å². The number of rotatable bonds is 5. The number of carbonyl (C=O) groups is 2. The van der Waals surface area contributed by atoms with Crippen LogP contribution in [0.25, 0.3) is 0 Å². The summed E-state index contributed by atoms with van der Waals surface area (Å²) >= 11 is 0. The van der Waals surface area contributed by atoms with Crippen molar-refractivity contribution in [2.45, 2.75) is 20.4 Å². The third-order valence-corrected chi connectivity index (χ3v) is 4.61. The minimum Gasteiger partial charge on any atom is -0.449 e. The quantitative estimate of drug-likeness (QED) is 0.814. The molecule has 27 heavy (non-hydrogen) atoms. The van der Waals surface area contributed by atoms with Crippen molar-refractivity contribution in [2.75, 3.05) is 32.8 Å². The van der Waals surface area contributed by atoms with Crippen LogP contribution in [0.4, 0.5) is 4.79 Å². The van der Waals surface area contributed by atoms with E-state index in [1.165, 1.54) is 0 Å². The Morgan fingerprint density at radius 3 is 2.30 bits per heavy atom. The molecule has 1 fully saturated rings. The van der Waals surface area contributed by atoms with Gasteiger partial charge in [-0.05, 0) is 23.6 Å². The number of hydrogen-bond acceptors (Lipinski definition) is 3. The second-order valence-corrected chi connectivity index (χ2v) is 7.26. The van der Waals surface area contributed by atoms with E-state index in [4.69, 9.17) is 4.74 Å². The van der Waals surface area contributed by atoms with Crippen LogP contribution < -0.4 is 0 Å². The van der Waals surface area contributed by atoms with Gasteiger partial charge < -0.3 is 19.1 Å². The molecule has 1 aromatic carbocycles. The zero-order valence-electron chi connectivity index (χ0n) is 16.0. The third-order valence-electron chi connectivity index (χ3n) is 4.61. The molecule has 3 rings (SSSR count). The molecule has 2 aromatic rings. The van der Waals surface area contributed by atoms with Gasteiger partial charge >= 0.3 is 6.09 Å². The molecule has 1 aliphatic rings. The highest BCUT2D eigenvalue weighted by molar-refractivity contribution is 5.93. The van der Waals surface area contributed by atoms with Gasteiger partial charge in [0.1, 0.15) is 5.69 Å². The van der Waals surface area contributed by atoms with Crippen molar-refractivity contribution in [1.29, 1.82) is 0 Å². The fourth-order valence-corrected chi connectivity index (χ4v) is 3.11. The second-order valence-electron chi connectivity index (χ2n) is 7.26. The first kappa shape index (κ1) is 19.0. The lowest BCUT2D eigenvalue weighted by atomic mass is 10.2. The number of nitrogens with zero attached hydrogens (tertiary/aromatic N) is 3. The number of carbonyl (C=O) groups excluding carboxylic acids is 2. The van der Waals surface area contributed by atoms with Crippen LogP contribution >= 0.6 is 0 Å². The summed E-state index contributed by atoms with van der Waals surface area (Å²) in [5.74, 6) is 0.320. The van der Waals surface area contributed by atoms with Crippen molar-refractivity contribution in [2.24, 2.45) is 5.92 Å². The Hall–Kier alpha value is -2.76. The molecule has 1 aromatic heterocycles. The lowest BCUT2D eigenvalue weighted by molar-refractivity contribution is 0.0528. The van der Waals surface area contributed by atoms with Gasteiger partial charge in [0.05, 0.1) is 6.61 Å². The van der Waals surface area contributed by atoms with Crippen LogP contribution in [0.15, 0.2) is 48.7 Å². The average Bonchev–Trinajstić information content (AvgIpc) is 3.14. The van der Waals surface area contributed by atoms with E-state index in [-0.39, 0.29) is 12.0 Å². The van der Waals surface area contributed by atoms with Gasteiger partial charge in [0.25, 0.3) is 5.91 Å². The minimum absolute atomic E-state index is 0.00567. The second kappa shape index (κ2) is 8.75. The zero-order valence-corrected chi connectivity index (χ0v) is 16.0. The topological polar surface area (TPSA) is 54.8 Å². The van der Waals surface area contributed by atoms with Crippen LogP contribution in [-0.4, -0.2) is 59.2 Å². The summed E-state index contributed by atoms with van der Waals surface area (Å²) in [6, 6.07) is 13.8. The first-order chi connectivity index (χ1) is 13.0. The van der Waals surface area contributed by atoms with Crippen LogP contribution in [0.1, 0.15) is 29.9 Å². The maximum atomic E-state index is 12.9. The van der Waals surface area contributed by atoms with Gasteiger partial charge in [-0.25, -0.2) is 4.79 Å². The molecule has 2 heterocycles. The fourth-order valence-electron chi connectivity index (χ4n) is 3.11. The third kappa shape index (κ3) is 4.90. The van der Waals surface area contributed by atoms with Gasteiger partial charge in [-0.2, -0.15) is 0 Å². The molecule has 0 spiro atoms. The Morgan fingerprint density at radius 1 is 0.963 bits per heavy atom. The molecule has 0 N–H and O–H groups in total. The predicted octanol–water partition coefficient (Wildman–Crippen LogP) is 3.09. The molecule has 0 saturated carbocycles. The van der Waals surface area contributed by atoms with E-state index < -0.39 is 0 Å². The van der Waals surface area contributed by atoms with Crippen molar-refractivity contribution in [3.05, 3.63) is 59.9 Å². The monoisotopic (exact) mass is 369 g/mol. The van der Waals surface area contributed by atoms with Crippen LogP contribution in [0.2, 0.25) is 0 Å². The molecule has 1 aliphatic heterocycles. The molecule has 0 aliphatic carbocycles. The van der Waals surface area contributed by atoms with E-state index in [0.717, 1.165) is 5.56 Å². The molecular weight excluding hydrogens is 342 g/mol. The molecule has 0 unspecified atom stereocenters. The SMILES string of the molecule is CC(C)COC(=O)N1CCN(C(=O)c2cccn2Cc2ccccc2)CC1. The fraction of sp³-hybridized carbons (Fsp3) is 0.429. The lowest BCUT2D eigenvalue weighted by Gasteiger charge is -2.34. The first-order valence-corrected chi connectivity index (χ1v) is 9.44. The van der Waals surface area contributed by atoms with E-state index in [0.29, 0.717) is 50.9 Å². The van der Waals surface area contributed by atoms with Crippen molar-refractivity contribution in [3.63, 3.8) is 0 Å². The van der Waals surface area contributed by atoms with E-state index >= 15 is 0 Å². The Morgan fingerprint density at radius 2 is 1.63 bits per heavy atom. The van der Waals surface area contributed by atoms with Crippen LogP contribution in [0, 0.1) is 5.92 Å². The highest BCUT2D eigenvalue weighted by Crippen LogP contribution is 2.13. The molecule has 2 amide bonds. The average molecular weight is 369 g/mol. The largest absolute Gasteiger partial charge is 0.449 e. The Balaban J connectivity index is 1.57. The molecular formula is C21H27N3O3. The molecule has 6 nitrogen and oxygen atoms in total. The Labute approximate surface area is 160 Å². The smallest absolute Gasteiger partial charge is 0.409 e. The summed E-state index contributed by atoms with van der Waals surface area (Å²) in [5.41, 5.74) is 1.83. The van der Waals surface area contributed by atoms with E-state index in [9.17, 15) is 9.59 Å². The maximum Gasteiger partial charge on any atom is 0.409 e. The highest BCUT2D eigenvalue weighted by atomic mass is 16.6. The van der Waals surface area contributed by atoms with Crippen molar-refractivity contribution in [1.82, 2.24) is 14.4 Å². The van der Waals surface area contributed by atoms with Crippen molar-refractivity contribution >= 4 is 12.0 Å². The summed E-state index contributed by atoms with van der Waals surface area (Å²) in [6.07, 6.45) is 1.64. The maximum absolute atomic E-state index is 12.9. The van der Waals surface area contributed by atoms with E-state index in [2.05, 4.69) is 12.1 Å². The molecule has 0 radical (unpaired) electrons. The van der Waals surface area contributed by atoms with Gasteiger partial charge in [-0.15, -0.1) is 0 Å². The van der Waals surface area contributed by atoms with Crippen molar-refractivity contribution in [3.8, 4) is 0 Å².